The summed E-state index contributed by atoms with van der Waals surface area (Å²) in [7, 11) is -0.590. The van der Waals surface area contributed by atoms with Gasteiger partial charge < -0.3 is 9.84 Å². The third-order valence-corrected chi connectivity index (χ3v) is 9.79. The number of aromatic nitrogens is 1. The lowest BCUT2D eigenvalue weighted by Gasteiger charge is -2.30. The van der Waals surface area contributed by atoms with Crippen LogP contribution in [-0.4, -0.2) is 27.4 Å². The van der Waals surface area contributed by atoms with E-state index in [0.717, 1.165) is 52.4 Å². The van der Waals surface area contributed by atoms with E-state index in [1.165, 1.54) is 34.9 Å². The van der Waals surface area contributed by atoms with Gasteiger partial charge in [-0.2, -0.15) is 10.9 Å². The molecule has 0 saturated heterocycles. The van der Waals surface area contributed by atoms with Crippen LogP contribution in [0.15, 0.2) is 64.5 Å². The summed E-state index contributed by atoms with van der Waals surface area (Å²) < 4.78 is 6.24. The number of nitrogens with zero attached hydrogens (tertiary/aromatic N) is 2. The summed E-state index contributed by atoms with van der Waals surface area (Å²) in [5.41, 5.74) is 6.54. The Hall–Kier alpha value is -2.63. The maximum Gasteiger partial charge on any atom is 0.120 e. The molecule has 3 aromatic rings. The number of aliphatic hydroxyl groups is 1. The van der Waals surface area contributed by atoms with Gasteiger partial charge >= 0.3 is 0 Å². The number of hydrogen-bond acceptors (Lipinski definition) is 4. The zero-order valence-electron chi connectivity index (χ0n) is 23.7. The zero-order valence-corrected chi connectivity index (χ0v) is 24.6. The summed E-state index contributed by atoms with van der Waals surface area (Å²) >= 11 is 0. The number of aliphatic hydroxyl groups excluding tert-OH is 1. The molecule has 0 radical (unpaired) electrons. The lowest BCUT2D eigenvalue weighted by molar-refractivity contribution is 0.279. The van der Waals surface area contributed by atoms with Crippen molar-refractivity contribution in [3.63, 3.8) is 0 Å². The molecule has 204 valence electrons. The van der Waals surface area contributed by atoms with Crippen molar-refractivity contribution in [1.29, 1.82) is 0 Å². The predicted octanol–water partition coefficient (Wildman–Crippen LogP) is 8.42. The summed E-state index contributed by atoms with van der Waals surface area (Å²) in [4.78, 5) is 11.6. The molecule has 1 aromatic heterocycles. The fourth-order valence-corrected chi connectivity index (χ4v) is 8.09. The highest BCUT2D eigenvalue weighted by molar-refractivity contribution is 8.30. The lowest BCUT2D eigenvalue weighted by atomic mass is 9.92. The highest BCUT2D eigenvalue weighted by atomic mass is 32.2. The Morgan fingerprint density at radius 3 is 2.39 bits per heavy atom. The molecule has 1 aliphatic rings. The molecule has 2 heterocycles. The maximum atomic E-state index is 10.8. The Morgan fingerprint density at radius 2 is 1.71 bits per heavy atom. The average molecular weight is 533 g/mol. The second-order valence-electron chi connectivity index (χ2n) is 10.8. The first-order valence-electron chi connectivity index (χ1n) is 14.2. The standard InChI is InChI=1S/C33H44N2O2S/c1-6-7-9-17-29-34-18-19-38(29)33-30(28(21-36)31(23(2)3)35-32(33)24(4)5)26-15-12-16-27(20-26)37-22-25-13-10-8-11-14-25/h8,10-16,20,23-24,36,38H,6-7,9,17-19,21-22H2,1-5H3. The van der Waals surface area contributed by atoms with Crippen LogP contribution in [0.1, 0.15) is 94.7 Å². The van der Waals surface area contributed by atoms with Gasteiger partial charge in [0.15, 0.2) is 0 Å². The summed E-state index contributed by atoms with van der Waals surface area (Å²) in [6, 6.07) is 18.7. The number of aliphatic imine (C=N–C) groups is 1. The van der Waals surface area contributed by atoms with E-state index in [-0.39, 0.29) is 18.4 Å². The molecule has 0 fully saturated rings. The van der Waals surface area contributed by atoms with Crippen LogP contribution in [0.5, 0.6) is 5.75 Å². The summed E-state index contributed by atoms with van der Waals surface area (Å²) in [6.45, 7) is 12.5. The van der Waals surface area contributed by atoms with E-state index >= 15 is 0 Å². The first-order chi connectivity index (χ1) is 18.4. The average Bonchev–Trinajstić information content (AvgIpc) is 3.39. The third-order valence-electron chi connectivity index (χ3n) is 7.16. The molecule has 1 aliphatic heterocycles. The summed E-state index contributed by atoms with van der Waals surface area (Å²) in [5, 5.41) is 12.1. The Bertz CT molecular complexity index is 1240. The van der Waals surface area contributed by atoms with E-state index < -0.39 is 10.9 Å². The van der Waals surface area contributed by atoms with Gasteiger partial charge in [0, 0.05) is 34.0 Å². The van der Waals surface area contributed by atoms with E-state index in [2.05, 4.69) is 65.0 Å². The van der Waals surface area contributed by atoms with Crippen molar-refractivity contribution in [3.05, 3.63) is 77.1 Å². The van der Waals surface area contributed by atoms with Crippen molar-refractivity contribution >= 4 is 15.9 Å². The molecule has 0 saturated carbocycles. The van der Waals surface area contributed by atoms with Crippen molar-refractivity contribution in [2.75, 3.05) is 12.3 Å². The molecule has 5 heteroatoms. The molecule has 1 N–H and O–H groups in total. The molecule has 4 rings (SSSR count). The van der Waals surface area contributed by atoms with Gasteiger partial charge in [-0.15, -0.1) is 0 Å². The Morgan fingerprint density at radius 1 is 0.947 bits per heavy atom. The van der Waals surface area contributed by atoms with Crippen molar-refractivity contribution < 1.29 is 9.84 Å². The van der Waals surface area contributed by atoms with Gasteiger partial charge in [-0.25, -0.2) is 0 Å². The van der Waals surface area contributed by atoms with Gasteiger partial charge in [0.2, 0.25) is 0 Å². The fraction of sp³-hybridized carbons (Fsp3) is 0.455. The summed E-state index contributed by atoms with van der Waals surface area (Å²) in [5.74, 6) is 2.41. The van der Waals surface area contributed by atoms with Crippen LogP contribution >= 0.6 is 10.9 Å². The molecule has 38 heavy (non-hydrogen) atoms. The predicted molar refractivity (Wildman–Crippen MR) is 163 cm³/mol. The molecule has 0 amide bonds. The molecule has 0 bridgehead atoms. The second kappa shape index (κ2) is 13.4. The summed E-state index contributed by atoms with van der Waals surface area (Å²) in [6.07, 6.45) is 4.70. The van der Waals surface area contributed by atoms with Crippen LogP contribution in [0, 0.1) is 0 Å². The number of rotatable bonds is 12. The molecule has 0 aliphatic carbocycles. The first kappa shape index (κ1) is 28.4. The molecule has 1 atom stereocenters. The second-order valence-corrected chi connectivity index (χ2v) is 13.0. The van der Waals surface area contributed by atoms with Crippen LogP contribution in [0.2, 0.25) is 0 Å². The molecule has 4 nitrogen and oxygen atoms in total. The normalized spacial score (nSPS) is 16.3. The van der Waals surface area contributed by atoms with Crippen molar-refractivity contribution in [2.24, 2.45) is 4.99 Å². The van der Waals surface area contributed by atoms with Crippen LogP contribution in [0.25, 0.3) is 11.1 Å². The van der Waals surface area contributed by atoms with E-state index in [1.54, 1.807) is 0 Å². The molecular formula is C33H44N2O2S. The van der Waals surface area contributed by atoms with Gasteiger partial charge in [0.05, 0.1) is 17.3 Å². The Balaban J connectivity index is 1.85. The van der Waals surface area contributed by atoms with Gasteiger partial charge in [-0.1, -0.05) is 89.9 Å². The van der Waals surface area contributed by atoms with Gasteiger partial charge in [0.1, 0.15) is 12.4 Å². The maximum absolute atomic E-state index is 10.8. The smallest absolute Gasteiger partial charge is 0.120 e. The molecular weight excluding hydrogens is 488 g/mol. The number of ether oxygens (including phenoxy) is 1. The monoisotopic (exact) mass is 532 g/mol. The van der Waals surface area contributed by atoms with E-state index in [1.807, 2.05) is 24.3 Å². The number of hydrogen-bond donors (Lipinski definition) is 2. The first-order valence-corrected chi connectivity index (χ1v) is 15.7. The van der Waals surface area contributed by atoms with Crippen molar-refractivity contribution in [1.82, 2.24) is 4.98 Å². The molecule has 2 aromatic carbocycles. The SMILES string of the molecule is CCCCCC1=NCC[SH]1c1c(C(C)C)nc(C(C)C)c(CO)c1-c1cccc(OCc2ccccc2)c1. The van der Waals surface area contributed by atoms with E-state index in [4.69, 9.17) is 14.7 Å². The molecule has 0 spiro atoms. The Labute approximate surface area is 231 Å². The fourth-order valence-electron chi connectivity index (χ4n) is 5.24. The number of benzene rings is 2. The quantitative estimate of drug-likeness (QED) is 0.182. The van der Waals surface area contributed by atoms with Gasteiger partial charge in [-0.05, 0) is 47.9 Å². The highest BCUT2D eigenvalue weighted by Gasteiger charge is 2.30. The topological polar surface area (TPSA) is 54.7 Å². The number of unbranched alkanes of at least 4 members (excludes halogenated alkanes) is 2. The minimum Gasteiger partial charge on any atom is -0.489 e. The van der Waals surface area contributed by atoms with Crippen molar-refractivity contribution in [2.45, 2.75) is 90.2 Å². The molecule has 1 unspecified atom stereocenters. The van der Waals surface area contributed by atoms with Crippen LogP contribution < -0.4 is 4.74 Å². The zero-order chi connectivity index (χ0) is 27.1. The number of thiol groups is 1. The van der Waals surface area contributed by atoms with Crippen LogP contribution in [0.4, 0.5) is 0 Å². The van der Waals surface area contributed by atoms with Crippen LogP contribution in [0.3, 0.4) is 0 Å². The van der Waals surface area contributed by atoms with Crippen molar-refractivity contribution in [3.8, 4) is 16.9 Å². The lowest BCUT2D eigenvalue weighted by Crippen LogP contribution is -2.13. The third kappa shape index (κ3) is 6.50. The van der Waals surface area contributed by atoms with Gasteiger partial charge in [0.25, 0.3) is 0 Å². The van der Waals surface area contributed by atoms with Gasteiger partial charge in [-0.3, -0.25) is 9.98 Å². The minimum atomic E-state index is -0.590. The largest absolute Gasteiger partial charge is 0.489 e. The number of pyridine rings is 1. The van der Waals surface area contributed by atoms with E-state index in [9.17, 15) is 5.11 Å². The van der Waals surface area contributed by atoms with E-state index in [0.29, 0.717) is 6.61 Å². The Kier molecular flexibility index (Phi) is 10.0. The van der Waals surface area contributed by atoms with Crippen LogP contribution in [-0.2, 0) is 13.2 Å². The highest BCUT2D eigenvalue weighted by Crippen LogP contribution is 2.52. The minimum absolute atomic E-state index is 0.0260.